The van der Waals surface area contributed by atoms with E-state index in [-0.39, 0.29) is 11.3 Å². The van der Waals surface area contributed by atoms with Gasteiger partial charge in [-0.15, -0.1) is 0 Å². The van der Waals surface area contributed by atoms with Crippen molar-refractivity contribution in [1.82, 2.24) is 15.3 Å². The Balaban J connectivity index is 2.26. The molecule has 1 aromatic heterocycles. The van der Waals surface area contributed by atoms with Crippen LogP contribution in [0, 0.1) is 5.41 Å². The fraction of sp³-hybridized carbons (Fsp3) is 0.583. The smallest absolute Gasteiger partial charge is 0.220 e. The van der Waals surface area contributed by atoms with E-state index in [9.17, 15) is 4.79 Å². The van der Waals surface area contributed by atoms with Crippen LogP contribution in [0.2, 0.25) is 0 Å². The van der Waals surface area contributed by atoms with Gasteiger partial charge in [-0.1, -0.05) is 20.8 Å². The van der Waals surface area contributed by atoms with Crippen molar-refractivity contribution in [3.63, 3.8) is 0 Å². The molecule has 1 aromatic rings. The molecule has 0 aliphatic heterocycles. The third-order valence-electron chi connectivity index (χ3n) is 2.21. The van der Waals surface area contributed by atoms with Crippen LogP contribution in [-0.2, 0) is 11.3 Å². The average molecular weight is 221 g/mol. The summed E-state index contributed by atoms with van der Waals surface area (Å²) in [5, 5.41) is 2.85. The average Bonchev–Trinajstić information content (AvgIpc) is 2.24. The lowest BCUT2D eigenvalue weighted by molar-refractivity contribution is -0.121. The molecule has 0 aliphatic carbocycles. The number of carbonyl (C=O) groups excluding carboxylic acids is 1. The summed E-state index contributed by atoms with van der Waals surface area (Å²) in [5.41, 5.74) is 1.12. The number of hydrogen-bond acceptors (Lipinski definition) is 3. The number of amides is 1. The van der Waals surface area contributed by atoms with E-state index in [1.54, 1.807) is 12.4 Å². The fourth-order valence-electron chi connectivity index (χ4n) is 1.20. The lowest BCUT2D eigenvalue weighted by Gasteiger charge is -2.17. The summed E-state index contributed by atoms with van der Waals surface area (Å²) in [6, 6.07) is 0. The standard InChI is InChI=1S/C12H19N3O/c1-12(2,3)5-4-11(16)15-8-10-6-13-9-14-7-10/h6-7,9H,4-5,8H2,1-3H3,(H,15,16). The van der Waals surface area contributed by atoms with Gasteiger partial charge in [0.2, 0.25) is 5.91 Å². The van der Waals surface area contributed by atoms with Gasteiger partial charge in [-0.25, -0.2) is 9.97 Å². The Labute approximate surface area is 96.5 Å². The second-order valence-electron chi connectivity index (χ2n) is 5.08. The summed E-state index contributed by atoms with van der Waals surface area (Å²) in [5.74, 6) is 0.0822. The molecular weight excluding hydrogens is 202 g/mol. The van der Waals surface area contributed by atoms with Gasteiger partial charge < -0.3 is 5.32 Å². The van der Waals surface area contributed by atoms with Crippen LogP contribution < -0.4 is 5.32 Å². The Morgan fingerprint density at radius 2 is 1.94 bits per heavy atom. The highest BCUT2D eigenvalue weighted by molar-refractivity contribution is 5.75. The highest BCUT2D eigenvalue weighted by Gasteiger charge is 2.12. The molecule has 1 rings (SSSR count). The van der Waals surface area contributed by atoms with E-state index in [2.05, 4.69) is 36.1 Å². The van der Waals surface area contributed by atoms with Crippen molar-refractivity contribution in [2.75, 3.05) is 0 Å². The topological polar surface area (TPSA) is 54.9 Å². The van der Waals surface area contributed by atoms with E-state index in [0.717, 1.165) is 12.0 Å². The zero-order chi connectivity index (χ0) is 12.0. The van der Waals surface area contributed by atoms with E-state index in [1.165, 1.54) is 6.33 Å². The number of carbonyl (C=O) groups is 1. The molecule has 0 saturated carbocycles. The van der Waals surface area contributed by atoms with Gasteiger partial charge in [-0.05, 0) is 11.8 Å². The van der Waals surface area contributed by atoms with Crippen molar-refractivity contribution < 1.29 is 4.79 Å². The molecule has 4 nitrogen and oxygen atoms in total. The van der Waals surface area contributed by atoms with Gasteiger partial charge >= 0.3 is 0 Å². The number of nitrogens with one attached hydrogen (secondary N) is 1. The van der Waals surface area contributed by atoms with Gasteiger partial charge in [0, 0.05) is 30.9 Å². The third kappa shape index (κ3) is 5.44. The van der Waals surface area contributed by atoms with Crippen LogP contribution in [0.5, 0.6) is 0 Å². The maximum absolute atomic E-state index is 11.5. The van der Waals surface area contributed by atoms with Gasteiger partial charge in [-0.3, -0.25) is 4.79 Å². The first-order chi connectivity index (χ1) is 7.47. The Bertz CT molecular complexity index is 330. The highest BCUT2D eigenvalue weighted by Crippen LogP contribution is 2.20. The summed E-state index contributed by atoms with van der Waals surface area (Å²) < 4.78 is 0. The number of nitrogens with zero attached hydrogens (tertiary/aromatic N) is 2. The first-order valence-corrected chi connectivity index (χ1v) is 5.48. The van der Waals surface area contributed by atoms with Crippen molar-refractivity contribution in [2.24, 2.45) is 5.41 Å². The minimum atomic E-state index is 0.0822. The largest absolute Gasteiger partial charge is 0.352 e. The summed E-state index contributed by atoms with van der Waals surface area (Å²) in [6.07, 6.45) is 6.35. The highest BCUT2D eigenvalue weighted by atomic mass is 16.1. The second-order valence-corrected chi connectivity index (χ2v) is 5.08. The molecule has 0 aliphatic rings. The van der Waals surface area contributed by atoms with Crippen molar-refractivity contribution in [3.8, 4) is 0 Å². The Morgan fingerprint density at radius 1 is 1.31 bits per heavy atom. The van der Waals surface area contributed by atoms with Crippen LogP contribution >= 0.6 is 0 Å². The molecule has 88 valence electrons. The fourth-order valence-corrected chi connectivity index (χ4v) is 1.20. The van der Waals surface area contributed by atoms with Crippen molar-refractivity contribution in [3.05, 3.63) is 24.3 Å². The molecular formula is C12H19N3O. The molecule has 1 heterocycles. The van der Waals surface area contributed by atoms with Crippen LogP contribution in [0.15, 0.2) is 18.7 Å². The van der Waals surface area contributed by atoms with Gasteiger partial charge in [0.25, 0.3) is 0 Å². The van der Waals surface area contributed by atoms with E-state index in [1.807, 2.05) is 0 Å². The van der Waals surface area contributed by atoms with Gasteiger partial charge in [0.15, 0.2) is 0 Å². The third-order valence-corrected chi connectivity index (χ3v) is 2.21. The van der Waals surface area contributed by atoms with Gasteiger partial charge in [0.1, 0.15) is 6.33 Å². The van der Waals surface area contributed by atoms with E-state index in [4.69, 9.17) is 0 Å². The molecule has 0 spiro atoms. The minimum absolute atomic E-state index is 0.0822. The first-order valence-electron chi connectivity index (χ1n) is 5.48. The second kappa shape index (κ2) is 5.58. The molecule has 1 N–H and O–H groups in total. The zero-order valence-corrected chi connectivity index (χ0v) is 10.2. The molecule has 0 bridgehead atoms. The molecule has 0 fully saturated rings. The summed E-state index contributed by atoms with van der Waals surface area (Å²) in [4.78, 5) is 19.3. The normalized spacial score (nSPS) is 11.2. The van der Waals surface area contributed by atoms with Crippen molar-refractivity contribution >= 4 is 5.91 Å². The monoisotopic (exact) mass is 221 g/mol. The van der Waals surface area contributed by atoms with Gasteiger partial charge in [-0.2, -0.15) is 0 Å². The predicted molar refractivity (Wildman–Crippen MR) is 62.6 cm³/mol. The zero-order valence-electron chi connectivity index (χ0n) is 10.2. The molecule has 0 radical (unpaired) electrons. The van der Waals surface area contributed by atoms with Crippen LogP contribution in [0.1, 0.15) is 39.2 Å². The molecule has 0 aromatic carbocycles. The summed E-state index contributed by atoms with van der Waals surface area (Å²) in [7, 11) is 0. The minimum Gasteiger partial charge on any atom is -0.352 e. The number of hydrogen-bond donors (Lipinski definition) is 1. The number of aromatic nitrogens is 2. The Kier molecular flexibility index (Phi) is 4.40. The van der Waals surface area contributed by atoms with E-state index in [0.29, 0.717) is 13.0 Å². The Morgan fingerprint density at radius 3 is 2.50 bits per heavy atom. The molecule has 0 unspecified atom stereocenters. The van der Waals surface area contributed by atoms with Gasteiger partial charge in [0.05, 0.1) is 0 Å². The number of rotatable bonds is 4. The van der Waals surface area contributed by atoms with Crippen molar-refractivity contribution in [2.45, 2.75) is 40.2 Å². The van der Waals surface area contributed by atoms with Crippen LogP contribution in [0.3, 0.4) is 0 Å². The molecule has 4 heteroatoms. The molecule has 16 heavy (non-hydrogen) atoms. The molecule has 1 amide bonds. The maximum atomic E-state index is 11.5. The lowest BCUT2D eigenvalue weighted by atomic mass is 9.90. The van der Waals surface area contributed by atoms with E-state index < -0.39 is 0 Å². The summed E-state index contributed by atoms with van der Waals surface area (Å²) in [6.45, 7) is 6.89. The lowest BCUT2D eigenvalue weighted by Crippen LogP contribution is -2.24. The SMILES string of the molecule is CC(C)(C)CCC(=O)NCc1cncnc1. The van der Waals surface area contributed by atoms with Crippen molar-refractivity contribution in [1.29, 1.82) is 0 Å². The molecule has 0 saturated heterocycles. The van der Waals surface area contributed by atoms with Crippen LogP contribution in [0.25, 0.3) is 0 Å². The quantitative estimate of drug-likeness (QED) is 0.845. The first kappa shape index (κ1) is 12.6. The molecule has 0 atom stereocenters. The summed E-state index contributed by atoms with van der Waals surface area (Å²) >= 11 is 0. The van der Waals surface area contributed by atoms with Crippen LogP contribution in [-0.4, -0.2) is 15.9 Å². The maximum Gasteiger partial charge on any atom is 0.220 e. The Hall–Kier alpha value is -1.45. The predicted octanol–water partition coefficient (Wildman–Crippen LogP) is 1.92. The van der Waals surface area contributed by atoms with Crippen LogP contribution in [0.4, 0.5) is 0 Å². The van der Waals surface area contributed by atoms with E-state index >= 15 is 0 Å².